The predicted molar refractivity (Wildman–Crippen MR) is 127 cm³/mol. The summed E-state index contributed by atoms with van der Waals surface area (Å²) in [6, 6.07) is 21.6. The zero-order chi connectivity index (χ0) is 21.8. The molecule has 158 valence electrons. The highest BCUT2D eigenvalue weighted by molar-refractivity contribution is 7.11. The molecule has 0 saturated carbocycles. The van der Waals surface area contributed by atoms with Crippen molar-refractivity contribution in [3.63, 3.8) is 0 Å². The minimum Gasteiger partial charge on any atom is -0.365 e. The van der Waals surface area contributed by atoms with Gasteiger partial charge >= 0.3 is 0 Å². The molecule has 0 atom stereocenters. The number of amides is 2. The summed E-state index contributed by atoms with van der Waals surface area (Å²) < 4.78 is 0. The Morgan fingerprint density at radius 1 is 0.871 bits per heavy atom. The number of thiophene rings is 1. The number of benzene rings is 2. The summed E-state index contributed by atoms with van der Waals surface area (Å²) in [5.41, 5.74) is 3.85. The van der Waals surface area contributed by atoms with E-state index in [1.165, 1.54) is 21.8 Å². The second-order valence-electron chi connectivity index (χ2n) is 7.76. The summed E-state index contributed by atoms with van der Waals surface area (Å²) in [7, 11) is 1.87. The van der Waals surface area contributed by atoms with Crippen LogP contribution in [0.25, 0.3) is 5.57 Å². The molecular formula is C26H26N2O2S. The standard InChI is InChI=1S/C26H26N2O2S/c1-3-4-9-19-13-15-21(16-14-19)28-25(29)23(22-12-8-17-31-22)24(26(28)30)27(2)18-20-10-6-5-7-11-20/h5-8,10-17H,3-4,9,18H2,1-2H3. The van der Waals surface area contributed by atoms with Crippen LogP contribution in [0.4, 0.5) is 5.69 Å². The number of likely N-dealkylation sites (N-methyl/N-ethyl adjacent to an activating group) is 1. The van der Waals surface area contributed by atoms with Crippen molar-refractivity contribution >= 4 is 34.4 Å². The fourth-order valence-corrected chi connectivity index (χ4v) is 4.64. The minimum atomic E-state index is -0.270. The van der Waals surface area contributed by atoms with Crippen LogP contribution in [0.3, 0.4) is 0 Å². The molecule has 2 amide bonds. The van der Waals surface area contributed by atoms with Gasteiger partial charge in [-0.2, -0.15) is 0 Å². The molecule has 0 fully saturated rings. The lowest BCUT2D eigenvalue weighted by atomic mass is 10.1. The number of nitrogens with zero attached hydrogens (tertiary/aromatic N) is 2. The molecule has 2 heterocycles. The third kappa shape index (κ3) is 4.32. The maximum absolute atomic E-state index is 13.5. The molecule has 0 unspecified atom stereocenters. The molecule has 5 heteroatoms. The minimum absolute atomic E-state index is 0.260. The second kappa shape index (κ2) is 9.31. The number of hydrogen-bond acceptors (Lipinski definition) is 4. The molecule has 3 aromatic rings. The van der Waals surface area contributed by atoms with Crippen molar-refractivity contribution in [3.05, 3.63) is 93.8 Å². The highest BCUT2D eigenvalue weighted by Crippen LogP contribution is 2.36. The van der Waals surface area contributed by atoms with Crippen LogP contribution in [0.2, 0.25) is 0 Å². The Bertz CT molecular complexity index is 1090. The van der Waals surface area contributed by atoms with Gasteiger partial charge in [-0.3, -0.25) is 9.59 Å². The smallest absolute Gasteiger partial charge is 0.282 e. The lowest BCUT2D eigenvalue weighted by molar-refractivity contribution is -0.120. The van der Waals surface area contributed by atoms with E-state index in [-0.39, 0.29) is 11.8 Å². The monoisotopic (exact) mass is 430 g/mol. The van der Waals surface area contributed by atoms with Gasteiger partial charge < -0.3 is 4.90 Å². The van der Waals surface area contributed by atoms with E-state index < -0.39 is 0 Å². The van der Waals surface area contributed by atoms with Gasteiger partial charge in [-0.15, -0.1) is 11.3 Å². The summed E-state index contributed by atoms with van der Waals surface area (Å²) in [6.45, 7) is 2.72. The Hall–Kier alpha value is -3.18. The van der Waals surface area contributed by atoms with Gasteiger partial charge in [0, 0.05) is 18.5 Å². The van der Waals surface area contributed by atoms with Gasteiger partial charge in [-0.05, 0) is 47.5 Å². The number of carbonyl (C=O) groups is 2. The number of imide groups is 1. The van der Waals surface area contributed by atoms with E-state index >= 15 is 0 Å². The van der Waals surface area contributed by atoms with Crippen molar-refractivity contribution in [2.75, 3.05) is 11.9 Å². The van der Waals surface area contributed by atoms with E-state index in [0.717, 1.165) is 29.7 Å². The fraction of sp³-hybridized carbons (Fsp3) is 0.231. The molecule has 0 bridgehead atoms. The van der Waals surface area contributed by atoms with Crippen molar-refractivity contribution in [2.45, 2.75) is 32.7 Å². The first-order valence-corrected chi connectivity index (χ1v) is 11.5. The normalized spacial score (nSPS) is 13.9. The molecule has 2 aromatic carbocycles. The van der Waals surface area contributed by atoms with Crippen LogP contribution in [0.15, 0.2) is 77.8 Å². The van der Waals surface area contributed by atoms with Gasteiger partial charge in [0.15, 0.2) is 0 Å². The van der Waals surface area contributed by atoms with Crippen LogP contribution in [0.5, 0.6) is 0 Å². The van der Waals surface area contributed by atoms with Gasteiger partial charge in [0.05, 0.1) is 11.3 Å². The predicted octanol–water partition coefficient (Wildman–Crippen LogP) is 5.51. The first-order chi connectivity index (χ1) is 15.1. The van der Waals surface area contributed by atoms with Gasteiger partial charge in [0.1, 0.15) is 5.70 Å². The zero-order valence-electron chi connectivity index (χ0n) is 17.9. The average Bonchev–Trinajstić information content (AvgIpc) is 3.39. The van der Waals surface area contributed by atoms with Gasteiger partial charge in [-0.1, -0.05) is 61.9 Å². The van der Waals surface area contributed by atoms with Crippen molar-refractivity contribution < 1.29 is 9.59 Å². The molecule has 31 heavy (non-hydrogen) atoms. The molecule has 0 N–H and O–H groups in total. The summed E-state index contributed by atoms with van der Waals surface area (Å²) in [4.78, 5) is 31.0. The summed E-state index contributed by atoms with van der Waals surface area (Å²) in [6.07, 6.45) is 3.26. The number of rotatable bonds is 8. The highest BCUT2D eigenvalue weighted by atomic mass is 32.1. The molecule has 1 aliphatic rings. The first kappa shape index (κ1) is 21.1. The second-order valence-corrected chi connectivity index (χ2v) is 8.71. The SMILES string of the molecule is CCCCc1ccc(N2C(=O)C(c3cccs3)=C(N(C)Cc3ccccc3)C2=O)cc1. The molecule has 1 aromatic heterocycles. The van der Waals surface area contributed by atoms with Crippen molar-refractivity contribution in [1.29, 1.82) is 0 Å². The Morgan fingerprint density at radius 3 is 2.26 bits per heavy atom. The maximum atomic E-state index is 13.5. The molecule has 0 radical (unpaired) electrons. The third-order valence-corrected chi connectivity index (χ3v) is 6.37. The van der Waals surface area contributed by atoms with Crippen molar-refractivity contribution in [3.8, 4) is 0 Å². The van der Waals surface area contributed by atoms with Gasteiger partial charge in [0.2, 0.25) is 0 Å². The van der Waals surface area contributed by atoms with E-state index in [0.29, 0.717) is 23.5 Å². The average molecular weight is 431 g/mol. The van der Waals surface area contributed by atoms with Crippen LogP contribution in [0, 0.1) is 0 Å². The van der Waals surface area contributed by atoms with E-state index in [4.69, 9.17) is 0 Å². The lowest BCUT2D eigenvalue weighted by Crippen LogP contribution is -2.34. The molecular weight excluding hydrogens is 404 g/mol. The van der Waals surface area contributed by atoms with Crippen molar-refractivity contribution in [1.82, 2.24) is 4.90 Å². The first-order valence-electron chi connectivity index (χ1n) is 10.6. The maximum Gasteiger partial charge on any atom is 0.282 e. The van der Waals surface area contributed by atoms with E-state index in [1.807, 2.05) is 84.1 Å². The molecule has 0 spiro atoms. The van der Waals surface area contributed by atoms with E-state index in [9.17, 15) is 9.59 Å². The molecule has 1 aliphatic heterocycles. The highest BCUT2D eigenvalue weighted by Gasteiger charge is 2.42. The topological polar surface area (TPSA) is 40.6 Å². The number of unbranched alkanes of at least 4 members (excludes halogenated alkanes) is 1. The molecule has 0 aliphatic carbocycles. The Morgan fingerprint density at radius 2 is 1.61 bits per heavy atom. The van der Waals surface area contributed by atoms with E-state index in [2.05, 4.69) is 6.92 Å². The van der Waals surface area contributed by atoms with Crippen LogP contribution < -0.4 is 4.90 Å². The summed E-state index contributed by atoms with van der Waals surface area (Å²) >= 11 is 1.48. The quantitative estimate of drug-likeness (QED) is 0.443. The molecule has 4 nitrogen and oxygen atoms in total. The summed E-state index contributed by atoms with van der Waals surface area (Å²) in [5.74, 6) is -0.531. The Kier molecular flexibility index (Phi) is 6.33. The zero-order valence-corrected chi connectivity index (χ0v) is 18.7. The molecule has 0 saturated heterocycles. The van der Waals surface area contributed by atoms with Crippen LogP contribution in [-0.4, -0.2) is 23.8 Å². The van der Waals surface area contributed by atoms with Crippen molar-refractivity contribution in [2.24, 2.45) is 0 Å². The van der Waals surface area contributed by atoms with Gasteiger partial charge in [-0.25, -0.2) is 4.90 Å². The lowest BCUT2D eigenvalue weighted by Gasteiger charge is -2.21. The Balaban J connectivity index is 1.67. The molecule has 4 rings (SSSR count). The fourth-order valence-electron chi connectivity index (χ4n) is 3.88. The van der Waals surface area contributed by atoms with Gasteiger partial charge in [0.25, 0.3) is 11.8 Å². The third-order valence-electron chi connectivity index (χ3n) is 5.48. The Labute approximate surface area is 187 Å². The number of carbonyl (C=O) groups excluding carboxylic acids is 2. The number of aryl methyl sites for hydroxylation is 1. The van der Waals surface area contributed by atoms with Crippen LogP contribution in [0.1, 0.15) is 35.8 Å². The summed E-state index contributed by atoms with van der Waals surface area (Å²) in [5, 5.41) is 1.93. The number of anilines is 1. The van der Waals surface area contributed by atoms with E-state index in [1.54, 1.807) is 0 Å². The van der Waals surface area contributed by atoms with Crippen LogP contribution in [-0.2, 0) is 22.6 Å². The largest absolute Gasteiger partial charge is 0.365 e. The number of hydrogen-bond donors (Lipinski definition) is 0. The van der Waals surface area contributed by atoms with Crippen LogP contribution >= 0.6 is 11.3 Å².